The van der Waals surface area contributed by atoms with Crippen LogP contribution in [0.2, 0.25) is 0 Å². The van der Waals surface area contributed by atoms with Crippen molar-refractivity contribution in [2.45, 2.75) is 58.4 Å². The number of hydrogen-bond acceptors (Lipinski definition) is 3. The van der Waals surface area contributed by atoms with Gasteiger partial charge in [0.05, 0.1) is 6.61 Å². The van der Waals surface area contributed by atoms with Crippen LogP contribution in [-0.4, -0.2) is 25.2 Å². The van der Waals surface area contributed by atoms with Crippen LogP contribution >= 0.6 is 0 Å². The molecule has 0 amide bonds. The minimum Gasteiger partial charge on any atom is -0.465 e. The SMILES string of the molecule is CCCC(NCC1CCCC1)C(=O)OCC. The first-order chi connectivity index (χ1) is 7.77. The molecule has 0 saturated heterocycles. The first-order valence-corrected chi connectivity index (χ1v) is 6.68. The topological polar surface area (TPSA) is 38.3 Å². The van der Waals surface area contributed by atoms with E-state index in [0.29, 0.717) is 6.61 Å². The Balaban J connectivity index is 2.28. The van der Waals surface area contributed by atoms with Gasteiger partial charge in [0.2, 0.25) is 0 Å². The van der Waals surface area contributed by atoms with Gasteiger partial charge in [-0.1, -0.05) is 26.2 Å². The van der Waals surface area contributed by atoms with E-state index in [0.717, 1.165) is 25.3 Å². The second kappa shape index (κ2) is 7.66. The standard InChI is InChI=1S/C13H25NO2/c1-3-7-12(13(15)16-4-2)14-10-11-8-5-6-9-11/h11-12,14H,3-10H2,1-2H3. The van der Waals surface area contributed by atoms with Crippen LogP contribution in [0.3, 0.4) is 0 Å². The van der Waals surface area contributed by atoms with Crippen LogP contribution in [0.25, 0.3) is 0 Å². The molecule has 94 valence electrons. The number of ether oxygens (including phenoxy) is 1. The van der Waals surface area contributed by atoms with Crippen LogP contribution in [0, 0.1) is 5.92 Å². The summed E-state index contributed by atoms with van der Waals surface area (Å²) in [6.45, 7) is 5.41. The summed E-state index contributed by atoms with van der Waals surface area (Å²) in [5.41, 5.74) is 0. The Bertz CT molecular complexity index is 200. The van der Waals surface area contributed by atoms with Crippen molar-refractivity contribution in [2.24, 2.45) is 5.92 Å². The lowest BCUT2D eigenvalue weighted by molar-refractivity contribution is -0.145. The first-order valence-electron chi connectivity index (χ1n) is 6.68. The van der Waals surface area contributed by atoms with Gasteiger partial charge < -0.3 is 10.1 Å². The van der Waals surface area contributed by atoms with Crippen LogP contribution in [-0.2, 0) is 9.53 Å². The Kier molecular flexibility index (Phi) is 6.46. The molecule has 1 N–H and O–H groups in total. The summed E-state index contributed by atoms with van der Waals surface area (Å²) in [6, 6.07) is -0.0921. The van der Waals surface area contributed by atoms with Crippen molar-refractivity contribution in [3.05, 3.63) is 0 Å². The summed E-state index contributed by atoms with van der Waals surface area (Å²) in [5, 5.41) is 3.37. The lowest BCUT2D eigenvalue weighted by Crippen LogP contribution is -2.40. The van der Waals surface area contributed by atoms with E-state index in [1.54, 1.807) is 0 Å². The summed E-state index contributed by atoms with van der Waals surface area (Å²) in [7, 11) is 0. The van der Waals surface area contributed by atoms with Gasteiger partial charge in [-0.2, -0.15) is 0 Å². The Hall–Kier alpha value is -0.570. The highest BCUT2D eigenvalue weighted by Gasteiger charge is 2.21. The molecule has 1 saturated carbocycles. The molecule has 16 heavy (non-hydrogen) atoms. The highest BCUT2D eigenvalue weighted by molar-refractivity contribution is 5.75. The molecule has 0 aromatic heterocycles. The van der Waals surface area contributed by atoms with Gasteiger partial charge in [0.1, 0.15) is 6.04 Å². The highest BCUT2D eigenvalue weighted by Crippen LogP contribution is 2.23. The van der Waals surface area contributed by atoms with Crippen molar-refractivity contribution >= 4 is 5.97 Å². The van der Waals surface area contributed by atoms with Gasteiger partial charge in [-0.05, 0) is 38.6 Å². The fourth-order valence-electron chi connectivity index (χ4n) is 2.36. The molecule has 0 bridgehead atoms. The monoisotopic (exact) mass is 227 g/mol. The fourth-order valence-corrected chi connectivity index (χ4v) is 2.36. The molecule has 0 aromatic rings. The second-order valence-corrected chi connectivity index (χ2v) is 4.65. The maximum atomic E-state index is 11.7. The van der Waals surface area contributed by atoms with Crippen molar-refractivity contribution in [1.29, 1.82) is 0 Å². The molecule has 1 fully saturated rings. The van der Waals surface area contributed by atoms with Gasteiger partial charge in [0.25, 0.3) is 0 Å². The van der Waals surface area contributed by atoms with Crippen LogP contribution in [0.5, 0.6) is 0 Å². The number of rotatable bonds is 7. The molecule has 3 nitrogen and oxygen atoms in total. The normalized spacial score (nSPS) is 18.6. The van der Waals surface area contributed by atoms with E-state index < -0.39 is 0 Å². The third-order valence-electron chi connectivity index (χ3n) is 3.28. The van der Waals surface area contributed by atoms with E-state index in [2.05, 4.69) is 12.2 Å². The molecule has 1 rings (SSSR count). The zero-order valence-electron chi connectivity index (χ0n) is 10.6. The largest absolute Gasteiger partial charge is 0.465 e. The number of hydrogen-bond donors (Lipinski definition) is 1. The van der Waals surface area contributed by atoms with Crippen molar-refractivity contribution in [3.63, 3.8) is 0 Å². The van der Waals surface area contributed by atoms with Crippen LogP contribution in [0.1, 0.15) is 52.4 Å². The van der Waals surface area contributed by atoms with Gasteiger partial charge in [0, 0.05) is 0 Å². The van der Waals surface area contributed by atoms with E-state index in [-0.39, 0.29) is 12.0 Å². The molecule has 0 aliphatic heterocycles. The molecule has 0 heterocycles. The van der Waals surface area contributed by atoms with E-state index in [4.69, 9.17) is 4.74 Å². The Labute approximate surface area is 98.9 Å². The molecule has 0 radical (unpaired) electrons. The summed E-state index contributed by atoms with van der Waals surface area (Å²) in [4.78, 5) is 11.7. The molecule has 3 heteroatoms. The van der Waals surface area contributed by atoms with Crippen molar-refractivity contribution in [2.75, 3.05) is 13.2 Å². The summed E-state index contributed by atoms with van der Waals surface area (Å²) >= 11 is 0. The molecule has 1 atom stereocenters. The average molecular weight is 227 g/mol. The molecule has 1 aliphatic rings. The zero-order valence-corrected chi connectivity index (χ0v) is 10.6. The van der Waals surface area contributed by atoms with Crippen LogP contribution < -0.4 is 5.32 Å². The zero-order chi connectivity index (χ0) is 11.8. The molecular formula is C13H25NO2. The number of esters is 1. The Morgan fingerprint density at radius 3 is 2.62 bits per heavy atom. The van der Waals surface area contributed by atoms with E-state index >= 15 is 0 Å². The van der Waals surface area contributed by atoms with E-state index in [1.807, 2.05) is 6.92 Å². The maximum absolute atomic E-state index is 11.7. The van der Waals surface area contributed by atoms with Crippen molar-refractivity contribution < 1.29 is 9.53 Å². The Morgan fingerprint density at radius 2 is 2.06 bits per heavy atom. The lowest BCUT2D eigenvalue weighted by atomic mass is 10.1. The summed E-state index contributed by atoms with van der Waals surface area (Å²) in [6.07, 6.45) is 7.23. The van der Waals surface area contributed by atoms with Gasteiger partial charge in [0.15, 0.2) is 0 Å². The molecule has 1 unspecified atom stereocenters. The Morgan fingerprint density at radius 1 is 1.38 bits per heavy atom. The predicted molar refractivity (Wildman–Crippen MR) is 65.3 cm³/mol. The molecule has 0 spiro atoms. The molecule has 1 aliphatic carbocycles. The maximum Gasteiger partial charge on any atom is 0.323 e. The molecular weight excluding hydrogens is 202 g/mol. The summed E-state index contributed by atoms with van der Waals surface area (Å²) in [5.74, 6) is 0.691. The van der Waals surface area contributed by atoms with Crippen molar-refractivity contribution in [3.8, 4) is 0 Å². The number of carbonyl (C=O) groups is 1. The quantitative estimate of drug-likeness (QED) is 0.679. The van der Waals surface area contributed by atoms with Gasteiger partial charge in [-0.3, -0.25) is 4.79 Å². The summed E-state index contributed by atoms with van der Waals surface area (Å²) < 4.78 is 5.07. The first kappa shape index (κ1) is 13.5. The lowest BCUT2D eigenvalue weighted by Gasteiger charge is -2.18. The van der Waals surface area contributed by atoms with Crippen LogP contribution in [0.15, 0.2) is 0 Å². The van der Waals surface area contributed by atoms with Gasteiger partial charge in [-0.25, -0.2) is 0 Å². The average Bonchev–Trinajstić information content (AvgIpc) is 2.77. The third kappa shape index (κ3) is 4.52. The third-order valence-corrected chi connectivity index (χ3v) is 3.28. The smallest absolute Gasteiger partial charge is 0.323 e. The van der Waals surface area contributed by atoms with Crippen LogP contribution in [0.4, 0.5) is 0 Å². The fraction of sp³-hybridized carbons (Fsp3) is 0.923. The van der Waals surface area contributed by atoms with E-state index in [1.165, 1.54) is 25.7 Å². The predicted octanol–water partition coefficient (Wildman–Crippen LogP) is 2.50. The minimum absolute atomic E-state index is 0.0812. The van der Waals surface area contributed by atoms with Crippen molar-refractivity contribution in [1.82, 2.24) is 5.32 Å². The number of carbonyl (C=O) groups excluding carboxylic acids is 1. The number of nitrogens with one attached hydrogen (secondary N) is 1. The minimum atomic E-state index is -0.0921. The highest BCUT2D eigenvalue weighted by atomic mass is 16.5. The molecule has 0 aromatic carbocycles. The second-order valence-electron chi connectivity index (χ2n) is 4.65. The van der Waals surface area contributed by atoms with Gasteiger partial charge in [-0.15, -0.1) is 0 Å². The van der Waals surface area contributed by atoms with Gasteiger partial charge >= 0.3 is 5.97 Å². The van der Waals surface area contributed by atoms with E-state index in [9.17, 15) is 4.79 Å².